The first kappa shape index (κ1) is 13.2. The highest BCUT2D eigenvalue weighted by atomic mass is 35.5. The molecule has 2 aromatic carbocycles. The van der Waals surface area contributed by atoms with Crippen molar-refractivity contribution in [2.45, 2.75) is 11.8 Å². The van der Waals surface area contributed by atoms with E-state index in [-0.39, 0.29) is 5.78 Å². The number of thioether (sulfide) groups is 1. The average molecular weight is 277 g/mol. The van der Waals surface area contributed by atoms with E-state index in [1.54, 1.807) is 36.0 Å². The lowest BCUT2D eigenvalue weighted by Crippen LogP contribution is -2.01. The minimum Gasteiger partial charge on any atom is -0.293 e. The van der Waals surface area contributed by atoms with Crippen LogP contribution in [0.2, 0.25) is 5.02 Å². The van der Waals surface area contributed by atoms with Gasteiger partial charge in [0.15, 0.2) is 5.78 Å². The van der Waals surface area contributed by atoms with Gasteiger partial charge in [0.05, 0.1) is 5.75 Å². The molecule has 1 nitrogen and oxygen atoms in total. The van der Waals surface area contributed by atoms with E-state index in [2.05, 4.69) is 0 Å². The largest absolute Gasteiger partial charge is 0.293 e. The zero-order chi connectivity index (χ0) is 13.0. The van der Waals surface area contributed by atoms with E-state index in [1.807, 2.05) is 31.2 Å². The van der Waals surface area contributed by atoms with Gasteiger partial charge in [-0.25, -0.2) is 0 Å². The minimum absolute atomic E-state index is 0.100. The quantitative estimate of drug-likeness (QED) is 0.598. The maximum atomic E-state index is 12.0. The van der Waals surface area contributed by atoms with Crippen LogP contribution in [0.1, 0.15) is 15.9 Å². The third kappa shape index (κ3) is 3.62. The molecule has 0 fully saturated rings. The van der Waals surface area contributed by atoms with Crippen molar-refractivity contribution in [2.75, 3.05) is 5.75 Å². The lowest BCUT2D eigenvalue weighted by atomic mass is 10.1. The van der Waals surface area contributed by atoms with Crippen molar-refractivity contribution in [3.63, 3.8) is 0 Å². The van der Waals surface area contributed by atoms with Crippen molar-refractivity contribution >= 4 is 29.1 Å². The van der Waals surface area contributed by atoms with Gasteiger partial charge in [0.1, 0.15) is 0 Å². The Hall–Kier alpha value is -1.25. The first-order chi connectivity index (χ1) is 8.65. The Morgan fingerprint density at radius 3 is 2.56 bits per heavy atom. The molecular weight excluding hydrogens is 264 g/mol. The maximum Gasteiger partial charge on any atom is 0.173 e. The van der Waals surface area contributed by atoms with Gasteiger partial charge < -0.3 is 0 Å². The second-order valence-corrected chi connectivity index (χ2v) is 5.52. The Kier molecular flexibility index (Phi) is 4.45. The molecule has 0 unspecified atom stereocenters. The molecular formula is C15H13ClOS. The third-order valence-corrected chi connectivity index (χ3v) is 3.78. The second-order valence-electron chi connectivity index (χ2n) is 4.04. The Morgan fingerprint density at radius 2 is 1.89 bits per heavy atom. The van der Waals surface area contributed by atoms with Crippen LogP contribution in [0.3, 0.4) is 0 Å². The topological polar surface area (TPSA) is 17.1 Å². The molecule has 0 spiro atoms. The lowest BCUT2D eigenvalue weighted by molar-refractivity contribution is 0.102. The van der Waals surface area contributed by atoms with Crippen LogP contribution in [0, 0.1) is 6.92 Å². The molecule has 92 valence electrons. The molecule has 2 rings (SSSR count). The summed E-state index contributed by atoms with van der Waals surface area (Å²) >= 11 is 7.41. The zero-order valence-corrected chi connectivity index (χ0v) is 11.6. The van der Waals surface area contributed by atoms with Gasteiger partial charge in [0.25, 0.3) is 0 Å². The van der Waals surface area contributed by atoms with Crippen LogP contribution in [0.5, 0.6) is 0 Å². The van der Waals surface area contributed by atoms with Gasteiger partial charge in [-0.1, -0.05) is 41.4 Å². The van der Waals surface area contributed by atoms with E-state index in [4.69, 9.17) is 11.6 Å². The predicted octanol–water partition coefficient (Wildman–Crippen LogP) is 4.62. The molecule has 0 heterocycles. The highest BCUT2D eigenvalue weighted by molar-refractivity contribution is 8.00. The molecule has 0 amide bonds. The average Bonchev–Trinajstić information content (AvgIpc) is 2.38. The zero-order valence-electron chi connectivity index (χ0n) is 10.0. The Balaban J connectivity index is 1.98. The summed E-state index contributed by atoms with van der Waals surface area (Å²) in [6.45, 7) is 2.05. The fourth-order valence-electron chi connectivity index (χ4n) is 1.53. The summed E-state index contributed by atoms with van der Waals surface area (Å²) in [5.74, 6) is 0.534. The second kappa shape index (κ2) is 6.07. The summed E-state index contributed by atoms with van der Waals surface area (Å²) in [5, 5.41) is 0.598. The molecule has 0 N–H and O–H groups in total. The number of Topliss-reactive ketones (excluding diaryl/α,β-unsaturated/α-hetero) is 1. The summed E-state index contributed by atoms with van der Waals surface area (Å²) in [6.07, 6.45) is 0. The molecule has 0 aliphatic rings. The Labute approximate surface area is 116 Å². The van der Waals surface area contributed by atoms with E-state index in [9.17, 15) is 4.79 Å². The van der Waals surface area contributed by atoms with Crippen LogP contribution in [0.15, 0.2) is 53.4 Å². The van der Waals surface area contributed by atoms with Crippen LogP contribution >= 0.6 is 23.4 Å². The molecule has 2 aromatic rings. The fraction of sp³-hybridized carbons (Fsp3) is 0.133. The molecule has 18 heavy (non-hydrogen) atoms. The van der Waals surface area contributed by atoms with Crippen LogP contribution < -0.4 is 0 Å². The molecule has 0 aliphatic heterocycles. The summed E-state index contributed by atoms with van der Waals surface area (Å²) in [7, 11) is 0. The van der Waals surface area contributed by atoms with Gasteiger partial charge in [-0.15, -0.1) is 11.8 Å². The van der Waals surface area contributed by atoms with Gasteiger partial charge in [0, 0.05) is 15.5 Å². The molecule has 0 saturated heterocycles. The smallest absolute Gasteiger partial charge is 0.173 e. The standard InChI is InChI=1S/C15H13ClOS/c1-11-5-7-14(8-6-11)18-10-15(17)12-3-2-4-13(16)9-12/h2-9H,10H2,1H3. The lowest BCUT2D eigenvalue weighted by Gasteiger charge is -2.02. The summed E-state index contributed by atoms with van der Waals surface area (Å²) in [6, 6.07) is 15.2. The van der Waals surface area contributed by atoms with E-state index in [1.165, 1.54) is 5.56 Å². The van der Waals surface area contributed by atoms with Crippen LogP contribution in [-0.2, 0) is 0 Å². The normalized spacial score (nSPS) is 10.3. The minimum atomic E-state index is 0.100. The number of ketones is 1. The summed E-state index contributed by atoms with van der Waals surface area (Å²) in [4.78, 5) is 13.1. The first-order valence-electron chi connectivity index (χ1n) is 5.63. The predicted molar refractivity (Wildman–Crippen MR) is 77.7 cm³/mol. The third-order valence-electron chi connectivity index (χ3n) is 2.54. The van der Waals surface area contributed by atoms with Gasteiger partial charge in [-0.2, -0.15) is 0 Å². The van der Waals surface area contributed by atoms with Gasteiger partial charge in [-0.3, -0.25) is 4.79 Å². The molecule has 0 aliphatic carbocycles. The Bertz CT molecular complexity index is 549. The van der Waals surface area contributed by atoms with Crippen molar-refractivity contribution < 1.29 is 4.79 Å². The van der Waals surface area contributed by atoms with E-state index >= 15 is 0 Å². The number of halogens is 1. The molecule has 0 bridgehead atoms. The van der Waals surface area contributed by atoms with Gasteiger partial charge >= 0.3 is 0 Å². The van der Waals surface area contributed by atoms with Crippen LogP contribution in [0.25, 0.3) is 0 Å². The number of hydrogen-bond acceptors (Lipinski definition) is 2. The highest BCUT2D eigenvalue weighted by Crippen LogP contribution is 2.20. The van der Waals surface area contributed by atoms with Crippen molar-refractivity contribution in [1.29, 1.82) is 0 Å². The van der Waals surface area contributed by atoms with Crippen molar-refractivity contribution in [3.05, 3.63) is 64.7 Å². The molecule has 3 heteroatoms. The van der Waals surface area contributed by atoms with Crippen molar-refractivity contribution in [3.8, 4) is 0 Å². The summed E-state index contributed by atoms with van der Waals surface area (Å²) < 4.78 is 0. The molecule has 0 atom stereocenters. The van der Waals surface area contributed by atoms with E-state index in [0.29, 0.717) is 16.3 Å². The summed E-state index contributed by atoms with van der Waals surface area (Å²) in [5.41, 5.74) is 1.89. The fourth-order valence-corrected chi connectivity index (χ4v) is 2.51. The van der Waals surface area contributed by atoms with Crippen LogP contribution in [-0.4, -0.2) is 11.5 Å². The number of aryl methyl sites for hydroxylation is 1. The van der Waals surface area contributed by atoms with Crippen molar-refractivity contribution in [2.24, 2.45) is 0 Å². The molecule has 0 radical (unpaired) electrons. The number of carbonyl (C=O) groups is 1. The van der Waals surface area contributed by atoms with Gasteiger partial charge in [-0.05, 0) is 31.2 Å². The first-order valence-corrected chi connectivity index (χ1v) is 7.00. The number of rotatable bonds is 4. The monoisotopic (exact) mass is 276 g/mol. The maximum absolute atomic E-state index is 12.0. The molecule has 0 aromatic heterocycles. The number of carbonyl (C=O) groups excluding carboxylic acids is 1. The molecule has 0 saturated carbocycles. The van der Waals surface area contributed by atoms with Crippen molar-refractivity contribution in [1.82, 2.24) is 0 Å². The van der Waals surface area contributed by atoms with Crippen LogP contribution in [0.4, 0.5) is 0 Å². The van der Waals surface area contributed by atoms with E-state index < -0.39 is 0 Å². The SMILES string of the molecule is Cc1ccc(SCC(=O)c2cccc(Cl)c2)cc1. The number of hydrogen-bond donors (Lipinski definition) is 0. The van der Waals surface area contributed by atoms with E-state index in [0.717, 1.165) is 4.90 Å². The number of benzene rings is 2. The highest BCUT2D eigenvalue weighted by Gasteiger charge is 2.06. The van der Waals surface area contributed by atoms with Gasteiger partial charge in [0.2, 0.25) is 0 Å². The Morgan fingerprint density at radius 1 is 1.17 bits per heavy atom.